The van der Waals surface area contributed by atoms with Gasteiger partial charge >= 0.3 is 0 Å². The van der Waals surface area contributed by atoms with E-state index in [0.29, 0.717) is 16.9 Å². The van der Waals surface area contributed by atoms with Gasteiger partial charge in [0.1, 0.15) is 5.82 Å². The summed E-state index contributed by atoms with van der Waals surface area (Å²) in [4.78, 5) is 6.50. The molecule has 0 N–H and O–H groups in total. The highest BCUT2D eigenvalue weighted by molar-refractivity contribution is 6.33. The molecule has 1 fully saturated rings. The second kappa shape index (κ2) is 4.37. The van der Waals surface area contributed by atoms with Crippen LogP contribution < -0.4 is 4.90 Å². The maximum Gasteiger partial charge on any atom is 0.147 e. The summed E-state index contributed by atoms with van der Waals surface area (Å²) in [6.45, 7) is 1.01. The van der Waals surface area contributed by atoms with E-state index >= 15 is 0 Å². The zero-order valence-electron chi connectivity index (χ0n) is 7.79. The minimum atomic E-state index is 0.393. The van der Waals surface area contributed by atoms with Crippen molar-refractivity contribution in [2.24, 2.45) is 0 Å². The molecule has 0 amide bonds. The van der Waals surface area contributed by atoms with Gasteiger partial charge in [-0.1, -0.05) is 11.6 Å². The van der Waals surface area contributed by atoms with Gasteiger partial charge in [0, 0.05) is 24.7 Å². The summed E-state index contributed by atoms with van der Waals surface area (Å²) in [5.41, 5.74) is 0. The Labute approximate surface area is 93.8 Å². The molecular weight excluding hydrogens is 219 g/mol. The fourth-order valence-electron chi connectivity index (χ4n) is 1.86. The Morgan fingerprint density at radius 2 is 2.43 bits per heavy atom. The molecule has 1 aliphatic heterocycles. The smallest absolute Gasteiger partial charge is 0.147 e. The van der Waals surface area contributed by atoms with Gasteiger partial charge in [0.05, 0.1) is 5.02 Å². The summed E-state index contributed by atoms with van der Waals surface area (Å²) < 4.78 is 0. The van der Waals surface area contributed by atoms with Crippen molar-refractivity contribution in [3.63, 3.8) is 0 Å². The molecule has 1 atom stereocenters. The molecule has 0 radical (unpaired) electrons. The maximum atomic E-state index is 6.08. The molecule has 2 nitrogen and oxygen atoms in total. The van der Waals surface area contributed by atoms with E-state index in [1.807, 2.05) is 12.1 Å². The van der Waals surface area contributed by atoms with Gasteiger partial charge in [0.15, 0.2) is 0 Å². The molecule has 0 aromatic carbocycles. The van der Waals surface area contributed by atoms with Crippen LogP contribution in [0.5, 0.6) is 0 Å². The fourth-order valence-corrected chi connectivity index (χ4v) is 2.41. The summed E-state index contributed by atoms with van der Waals surface area (Å²) in [6.07, 6.45) is 4.07. The minimum Gasteiger partial charge on any atom is -0.351 e. The number of pyridine rings is 1. The van der Waals surface area contributed by atoms with Crippen LogP contribution in [0.4, 0.5) is 5.82 Å². The molecule has 0 bridgehead atoms. The Morgan fingerprint density at radius 1 is 1.57 bits per heavy atom. The zero-order valence-corrected chi connectivity index (χ0v) is 9.30. The van der Waals surface area contributed by atoms with E-state index in [9.17, 15) is 0 Å². The number of halogens is 2. The van der Waals surface area contributed by atoms with E-state index in [-0.39, 0.29) is 0 Å². The van der Waals surface area contributed by atoms with Gasteiger partial charge in [0.2, 0.25) is 0 Å². The molecule has 1 aromatic rings. The first-order chi connectivity index (χ1) is 6.83. The molecule has 0 saturated carbocycles. The lowest BCUT2D eigenvalue weighted by Crippen LogP contribution is -2.31. The van der Waals surface area contributed by atoms with E-state index < -0.39 is 0 Å². The number of anilines is 1. The third-order valence-corrected chi connectivity index (χ3v) is 3.22. The second-order valence-electron chi connectivity index (χ2n) is 3.45. The van der Waals surface area contributed by atoms with Crippen LogP contribution in [0.25, 0.3) is 0 Å². The fraction of sp³-hybridized carbons (Fsp3) is 0.500. The van der Waals surface area contributed by atoms with Gasteiger partial charge in [-0.15, -0.1) is 11.6 Å². The molecule has 2 rings (SSSR count). The first kappa shape index (κ1) is 10.1. The summed E-state index contributed by atoms with van der Waals surface area (Å²) in [6, 6.07) is 4.11. The molecule has 1 aromatic heterocycles. The van der Waals surface area contributed by atoms with Gasteiger partial charge in [-0.3, -0.25) is 0 Å². The maximum absolute atomic E-state index is 6.08. The van der Waals surface area contributed by atoms with Crippen molar-refractivity contribution in [1.29, 1.82) is 0 Å². The number of aromatic nitrogens is 1. The van der Waals surface area contributed by atoms with E-state index in [1.165, 1.54) is 6.42 Å². The SMILES string of the molecule is ClCC1CCCN1c1ncccc1Cl. The van der Waals surface area contributed by atoms with Crippen molar-refractivity contribution < 1.29 is 0 Å². The van der Waals surface area contributed by atoms with E-state index in [1.54, 1.807) is 6.20 Å². The normalized spacial score (nSPS) is 21.6. The van der Waals surface area contributed by atoms with Gasteiger partial charge in [-0.25, -0.2) is 4.98 Å². The van der Waals surface area contributed by atoms with Crippen LogP contribution >= 0.6 is 23.2 Å². The Balaban J connectivity index is 2.26. The molecule has 0 spiro atoms. The summed E-state index contributed by atoms with van der Waals surface area (Å²) in [7, 11) is 0. The number of alkyl halides is 1. The van der Waals surface area contributed by atoms with Crippen molar-refractivity contribution in [2.75, 3.05) is 17.3 Å². The van der Waals surface area contributed by atoms with Crippen molar-refractivity contribution in [2.45, 2.75) is 18.9 Å². The summed E-state index contributed by atoms with van der Waals surface area (Å²) in [5, 5.41) is 0.713. The summed E-state index contributed by atoms with van der Waals surface area (Å²) in [5.74, 6) is 1.52. The zero-order chi connectivity index (χ0) is 9.97. The molecular formula is C10H12Cl2N2. The molecule has 0 aliphatic carbocycles. The van der Waals surface area contributed by atoms with Gasteiger partial charge in [-0.2, -0.15) is 0 Å². The molecule has 4 heteroatoms. The monoisotopic (exact) mass is 230 g/mol. The average molecular weight is 231 g/mol. The van der Waals surface area contributed by atoms with Crippen molar-refractivity contribution in [3.8, 4) is 0 Å². The Morgan fingerprint density at radius 3 is 3.14 bits per heavy atom. The summed E-state index contributed by atoms with van der Waals surface area (Å²) >= 11 is 12.0. The molecule has 2 heterocycles. The van der Waals surface area contributed by atoms with Crippen LogP contribution in [0.2, 0.25) is 5.02 Å². The minimum absolute atomic E-state index is 0.393. The van der Waals surface area contributed by atoms with Crippen molar-refractivity contribution in [3.05, 3.63) is 23.4 Å². The third-order valence-electron chi connectivity index (χ3n) is 2.57. The Kier molecular flexibility index (Phi) is 3.14. The number of rotatable bonds is 2. The lowest BCUT2D eigenvalue weighted by atomic mass is 10.2. The van der Waals surface area contributed by atoms with Gasteiger partial charge < -0.3 is 4.90 Å². The van der Waals surface area contributed by atoms with Crippen LogP contribution in [0.3, 0.4) is 0 Å². The highest BCUT2D eigenvalue weighted by Gasteiger charge is 2.25. The second-order valence-corrected chi connectivity index (χ2v) is 4.17. The van der Waals surface area contributed by atoms with Crippen LogP contribution in [0, 0.1) is 0 Å². The van der Waals surface area contributed by atoms with Crippen LogP contribution in [-0.2, 0) is 0 Å². The largest absolute Gasteiger partial charge is 0.351 e. The predicted molar refractivity (Wildman–Crippen MR) is 60.3 cm³/mol. The molecule has 1 unspecified atom stereocenters. The van der Waals surface area contributed by atoms with E-state index in [0.717, 1.165) is 18.8 Å². The number of hydrogen-bond acceptors (Lipinski definition) is 2. The first-order valence-corrected chi connectivity index (χ1v) is 5.67. The van der Waals surface area contributed by atoms with Crippen molar-refractivity contribution >= 4 is 29.0 Å². The lowest BCUT2D eigenvalue weighted by Gasteiger charge is -2.24. The van der Waals surface area contributed by atoms with Crippen LogP contribution in [0.15, 0.2) is 18.3 Å². The quantitative estimate of drug-likeness (QED) is 0.727. The highest BCUT2D eigenvalue weighted by atomic mass is 35.5. The van der Waals surface area contributed by atoms with Crippen LogP contribution in [-0.4, -0.2) is 23.5 Å². The van der Waals surface area contributed by atoms with Crippen molar-refractivity contribution in [1.82, 2.24) is 4.98 Å². The molecule has 76 valence electrons. The predicted octanol–water partition coefficient (Wildman–Crippen LogP) is 2.94. The molecule has 1 saturated heterocycles. The third kappa shape index (κ3) is 1.82. The number of hydrogen-bond donors (Lipinski definition) is 0. The van der Waals surface area contributed by atoms with Crippen LogP contribution in [0.1, 0.15) is 12.8 Å². The number of nitrogens with zero attached hydrogens (tertiary/aromatic N) is 2. The Bertz CT molecular complexity index is 317. The van der Waals surface area contributed by atoms with Gasteiger partial charge in [0.25, 0.3) is 0 Å². The molecule has 1 aliphatic rings. The van der Waals surface area contributed by atoms with E-state index in [2.05, 4.69) is 9.88 Å². The first-order valence-electron chi connectivity index (χ1n) is 4.76. The average Bonchev–Trinajstić information content (AvgIpc) is 2.66. The molecule has 14 heavy (non-hydrogen) atoms. The topological polar surface area (TPSA) is 16.1 Å². The lowest BCUT2D eigenvalue weighted by molar-refractivity contribution is 0.734. The highest BCUT2D eigenvalue weighted by Crippen LogP contribution is 2.29. The van der Waals surface area contributed by atoms with Gasteiger partial charge in [-0.05, 0) is 25.0 Å². The Hall–Kier alpha value is -0.470. The van der Waals surface area contributed by atoms with E-state index in [4.69, 9.17) is 23.2 Å². The standard InChI is InChI=1S/C10H12Cl2N2/c11-7-8-3-2-6-14(8)10-9(12)4-1-5-13-10/h1,4-5,8H,2-3,6-7H2.